The lowest BCUT2D eigenvalue weighted by atomic mass is 10.2. The molecular weight excluding hydrogens is 338 g/mol. The van der Waals surface area contributed by atoms with Gasteiger partial charge in [-0.2, -0.15) is 0 Å². The van der Waals surface area contributed by atoms with Crippen LogP contribution < -0.4 is 10.9 Å². The molecule has 1 N–H and O–H groups in total. The number of fused-ring (bicyclic) bond motifs is 1. The maximum atomic E-state index is 12.3. The molecule has 118 valence electrons. The lowest BCUT2D eigenvalue weighted by Crippen LogP contribution is -2.25. The zero-order valence-corrected chi connectivity index (χ0v) is 13.4. The maximum absolute atomic E-state index is 12.3. The third-order valence-corrected chi connectivity index (χ3v) is 5.16. The van der Waals surface area contributed by atoms with Crippen LogP contribution in [0.15, 0.2) is 22.6 Å². The number of amides is 1. The highest BCUT2D eigenvalue weighted by Gasteiger charge is 2.23. The van der Waals surface area contributed by atoms with E-state index in [1.54, 1.807) is 11.6 Å². The topological polar surface area (TPSA) is 98.5 Å². The number of anilines is 1. The summed E-state index contributed by atoms with van der Waals surface area (Å²) in [6.07, 6.45) is 4.73. The summed E-state index contributed by atoms with van der Waals surface area (Å²) in [5, 5.41) is 13.4. The van der Waals surface area contributed by atoms with Gasteiger partial charge in [0.15, 0.2) is 4.96 Å². The Morgan fingerprint density at radius 2 is 2.35 bits per heavy atom. The van der Waals surface area contributed by atoms with Gasteiger partial charge in [-0.3, -0.25) is 19.3 Å². The minimum atomic E-state index is -0.543. The number of hydrogen-bond acceptors (Lipinski definition) is 8. The van der Waals surface area contributed by atoms with Crippen molar-refractivity contribution in [1.82, 2.24) is 19.6 Å². The van der Waals surface area contributed by atoms with E-state index < -0.39 is 11.5 Å². The summed E-state index contributed by atoms with van der Waals surface area (Å²) in [5.74, 6) is -0.543. The van der Waals surface area contributed by atoms with E-state index in [0.717, 1.165) is 24.5 Å². The van der Waals surface area contributed by atoms with E-state index in [2.05, 4.69) is 20.5 Å². The van der Waals surface area contributed by atoms with Crippen LogP contribution in [0.25, 0.3) is 4.96 Å². The molecule has 4 rings (SSSR count). The van der Waals surface area contributed by atoms with Gasteiger partial charge in [0.25, 0.3) is 11.5 Å². The average Bonchev–Trinajstić information content (AvgIpc) is 3.28. The minimum Gasteiger partial charge on any atom is -0.371 e. The van der Waals surface area contributed by atoms with Crippen LogP contribution in [0.3, 0.4) is 0 Å². The highest BCUT2D eigenvalue weighted by atomic mass is 32.1. The summed E-state index contributed by atoms with van der Waals surface area (Å²) in [6, 6.07) is 0. The largest absolute Gasteiger partial charge is 0.371 e. The van der Waals surface area contributed by atoms with E-state index in [0.29, 0.717) is 10.1 Å². The molecule has 0 bridgehead atoms. The Bertz CT molecular complexity index is 925. The molecule has 0 spiro atoms. The first kappa shape index (κ1) is 14.4. The Kier molecular flexibility index (Phi) is 3.63. The Morgan fingerprint density at radius 3 is 3.17 bits per heavy atom. The van der Waals surface area contributed by atoms with Gasteiger partial charge in [-0.1, -0.05) is 11.3 Å². The molecule has 8 nitrogen and oxygen atoms in total. The van der Waals surface area contributed by atoms with Gasteiger partial charge in [-0.05, 0) is 12.8 Å². The summed E-state index contributed by atoms with van der Waals surface area (Å²) in [4.78, 5) is 29.2. The first-order valence-corrected chi connectivity index (χ1v) is 8.63. The van der Waals surface area contributed by atoms with Crippen LogP contribution in [-0.2, 0) is 4.74 Å². The Morgan fingerprint density at radius 1 is 1.43 bits per heavy atom. The molecule has 3 aromatic heterocycles. The number of aromatic nitrogens is 4. The molecule has 1 saturated heterocycles. The van der Waals surface area contributed by atoms with Gasteiger partial charge in [0.1, 0.15) is 16.7 Å². The van der Waals surface area contributed by atoms with Crippen LogP contribution >= 0.6 is 22.7 Å². The second kappa shape index (κ2) is 5.80. The molecule has 1 fully saturated rings. The smallest absolute Gasteiger partial charge is 0.271 e. The molecule has 10 heteroatoms. The summed E-state index contributed by atoms with van der Waals surface area (Å²) in [6.45, 7) is 0.717. The molecule has 0 aliphatic carbocycles. The molecule has 23 heavy (non-hydrogen) atoms. The van der Waals surface area contributed by atoms with Crippen molar-refractivity contribution in [3.05, 3.63) is 38.7 Å². The molecule has 0 saturated carbocycles. The fourth-order valence-corrected chi connectivity index (χ4v) is 3.83. The predicted octanol–water partition coefficient (Wildman–Crippen LogP) is 1.71. The number of rotatable bonds is 3. The van der Waals surface area contributed by atoms with Gasteiger partial charge in [0.05, 0.1) is 0 Å². The molecule has 3 aromatic rings. The van der Waals surface area contributed by atoms with Crippen LogP contribution in [0.5, 0.6) is 0 Å². The van der Waals surface area contributed by atoms with Gasteiger partial charge >= 0.3 is 0 Å². The van der Waals surface area contributed by atoms with Crippen molar-refractivity contribution in [2.75, 3.05) is 11.9 Å². The van der Waals surface area contributed by atoms with Crippen molar-refractivity contribution >= 4 is 38.7 Å². The first-order valence-electron chi connectivity index (χ1n) is 6.93. The molecule has 0 radical (unpaired) electrons. The van der Waals surface area contributed by atoms with E-state index in [-0.39, 0.29) is 11.7 Å². The third kappa shape index (κ3) is 2.64. The standard InChI is InChI=1S/C13H11N5O3S2/c19-9(7-6-14-13-18(11(7)20)3-5-22-13)15-12-17-16-10(23-12)8-2-1-4-21-8/h3,5-6,8H,1-2,4H2,(H,15,17,19)/t8-/m1/s1. The van der Waals surface area contributed by atoms with Gasteiger partial charge in [-0.15, -0.1) is 21.5 Å². The lowest BCUT2D eigenvalue weighted by molar-refractivity contribution is 0.102. The summed E-state index contributed by atoms with van der Waals surface area (Å²) in [7, 11) is 0. The van der Waals surface area contributed by atoms with E-state index in [9.17, 15) is 9.59 Å². The Labute approximate surface area is 137 Å². The zero-order valence-electron chi connectivity index (χ0n) is 11.8. The van der Waals surface area contributed by atoms with Crippen molar-refractivity contribution in [3.8, 4) is 0 Å². The maximum Gasteiger partial charge on any atom is 0.271 e. The first-order chi connectivity index (χ1) is 11.2. The number of carbonyl (C=O) groups is 1. The van der Waals surface area contributed by atoms with Crippen LogP contribution in [-0.4, -0.2) is 32.1 Å². The molecule has 1 amide bonds. The molecule has 0 unspecified atom stereocenters. The monoisotopic (exact) mass is 349 g/mol. The number of carbonyl (C=O) groups excluding carboxylic acids is 1. The summed E-state index contributed by atoms with van der Waals surface area (Å²) in [5.41, 5.74) is -0.438. The molecule has 1 aliphatic heterocycles. The second-order valence-corrected chi connectivity index (χ2v) is 6.82. The normalized spacial score (nSPS) is 17.7. The van der Waals surface area contributed by atoms with Crippen LogP contribution in [0.2, 0.25) is 0 Å². The van der Waals surface area contributed by atoms with E-state index in [1.165, 1.54) is 33.3 Å². The number of nitrogens with zero attached hydrogens (tertiary/aromatic N) is 4. The van der Waals surface area contributed by atoms with Crippen molar-refractivity contribution < 1.29 is 9.53 Å². The van der Waals surface area contributed by atoms with Gasteiger partial charge in [0.2, 0.25) is 5.13 Å². The van der Waals surface area contributed by atoms with Crippen molar-refractivity contribution in [1.29, 1.82) is 0 Å². The number of nitrogens with one attached hydrogen (secondary N) is 1. The summed E-state index contributed by atoms with van der Waals surface area (Å²) >= 11 is 2.59. The third-order valence-electron chi connectivity index (χ3n) is 3.45. The van der Waals surface area contributed by atoms with Gasteiger partial charge < -0.3 is 4.74 Å². The zero-order chi connectivity index (χ0) is 15.8. The number of thiazole rings is 1. The highest BCUT2D eigenvalue weighted by Crippen LogP contribution is 2.31. The van der Waals surface area contributed by atoms with Crippen LogP contribution in [0, 0.1) is 0 Å². The second-order valence-electron chi connectivity index (χ2n) is 4.93. The van der Waals surface area contributed by atoms with Crippen LogP contribution in [0.4, 0.5) is 5.13 Å². The lowest BCUT2D eigenvalue weighted by Gasteiger charge is -2.02. The molecule has 1 aliphatic rings. The van der Waals surface area contributed by atoms with E-state index >= 15 is 0 Å². The minimum absolute atomic E-state index is 0.0326. The predicted molar refractivity (Wildman–Crippen MR) is 85.1 cm³/mol. The summed E-state index contributed by atoms with van der Waals surface area (Å²) < 4.78 is 6.88. The fraction of sp³-hybridized carbons (Fsp3) is 0.308. The van der Waals surface area contributed by atoms with Crippen molar-refractivity contribution in [2.24, 2.45) is 0 Å². The molecule has 1 atom stereocenters. The molecular formula is C13H11N5O3S2. The highest BCUT2D eigenvalue weighted by molar-refractivity contribution is 7.15. The Balaban J connectivity index is 1.57. The van der Waals surface area contributed by atoms with Crippen molar-refractivity contribution in [3.63, 3.8) is 0 Å². The number of hydrogen-bond donors (Lipinski definition) is 1. The average molecular weight is 349 g/mol. The number of ether oxygens (including phenoxy) is 1. The molecule has 4 heterocycles. The van der Waals surface area contributed by atoms with E-state index in [1.807, 2.05) is 0 Å². The van der Waals surface area contributed by atoms with E-state index in [4.69, 9.17) is 4.74 Å². The fourth-order valence-electron chi connectivity index (χ4n) is 2.33. The molecule has 0 aromatic carbocycles. The van der Waals surface area contributed by atoms with Crippen LogP contribution in [0.1, 0.15) is 34.3 Å². The SMILES string of the molecule is O=C(Nc1nnc([C@H]2CCCO2)s1)c1cnc2sccn2c1=O. The van der Waals surface area contributed by atoms with Gasteiger partial charge in [0, 0.05) is 24.4 Å². The Hall–Kier alpha value is -2.17. The van der Waals surface area contributed by atoms with Crippen molar-refractivity contribution in [2.45, 2.75) is 18.9 Å². The quantitative estimate of drug-likeness (QED) is 0.773. The van der Waals surface area contributed by atoms with Gasteiger partial charge in [-0.25, -0.2) is 4.98 Å².